The molecule has 106 valence electrons. The molecule has 0 radical (unpaired) electrons. The van der Waals surface area contributed by atoms with Crippen molar-refractivity contribution < 1.29 is 0 Å². The quantitative estimate of drug-likeness (QED) is 0.671. The molecule has 0 fully saturated rings. The van der Waals surface area contributed by atoms with Crippen LogP contribution in [0.1, 0.15) is 16.7 Å². The van der Waals surface area contributed by atoms with Gasteiger partial charge in [0.1, 0.15) is 4.60 Å². The molecule has 0 saturated heterocycles. The summed E-state index contributed by atoms with van der Waals surface area (Å²) in [5.41, 5.74) is 4.93. The largest absolute Gasteiger partial charge is 0.226 e. The van der Waals surface area contributed by atoms with Crippen LogP contribution in [-0.2, 0) is 12.8 Å². The topological polar surface area (TPSA) is 17.8 Å². The van der Waals surface area contributed by atoms with Gasteiger partial charge in [-0.25, -0.2) is 4.68 Å². The van der Waals surface area contributed by atoms with Crippen molar-refractivity contribution >= 4 is 15.9 Å². The molecular weight excluding hydrogens is 324 g/mol. The summed E-state index contributed by atoms with van der Waals surface area (Å²) < 4.78 is 2.99. The molecule has 0 aliphatic heterocycles. The highest BCUT2D eigenvalue weighted by Crippen LogP contribution is 2.22. The van der Waals surface area contributed by atoms with E-state index >= 15 is 0 Å². The van der Waals surface area contributed by atoms with E-state index in [1.807, 2.05) is 10.9 Å². The SMILES string of the molecule is Cc1ccc(-n2ncc(CCc3ccccc3)c2Br)cc1. The van der Waals surface area contributed by atoms with Crippen molar-refractivity contribution in [1.82, 2.24) is 9.78 Å². The highest BCUT2D eigenvalue weighted by molar-refractivity contribution is 9.10. The van der Waals surface area contributed by atoms with Crippen LogP contribution in [0.25, 0.3) is 5.69 Å². The third-order valence-corrected chi connectivity index (χ3v) is 4.43. The number of halogens is 1. The molecule has 0 saturated carbocycles. The van der Waals surface area contributed by atoms with Crippen molar-refractivity contribution in [3.8, 4) is 5.69 Å². The highest BCUT2D eigenvalue weighted by atomic mass is 79.9. The smallest absolute Gasteiger partial charge is 0.113 e. The van der Waals surface area contributed by atoms with Gasteiger partial charge in [-0.3, -0.25) is 0 Å². The Labute approximate surface area is 133 Å². The first-order chi connectivity index (χ1) is 10.2. The Bertz CT molecular complexity index is 715. The fourth-order valence-corrected chi connectivity index (χ4v) is 2.92. The van der Waals surface area contributed by atoms with Crippen LogP contribution < -0.4 is 0 Å². The van der Waals surface area contributed by atoms with Gasteiger partial charge in [-0.15, -0.1) is 0 Å². The van der Waals surface area contributed by atoms with E-state index in [1.165, 1.54) is 16.7 Å². The van der Waals surface area contributed by atoms with Gasteiger partial charge in [0.2, 0.25) is 0 Å². The van der Waals surface area contributed by atoms with Crippen molar-refractivity contribution in [2.45, 2.75) is 19.8 Å². The molecule has 3 aromatic rings. The minimum atomic E-state index is 0.983. The Morgan fingerprint density at radius 3 is 2.38 bits per heavy atom. The second kappa shape index (κ2) is 6.27. The molecule has 0 bridgehead atoms. The minimum absolute atomic E-state index is 0.983. The predicted molar refractivity (Wildman–Crippen MR) is 89.9 cm³/mol. The van der Waals surface area contributed by atoms with E-state index in [-0.39, 0.29) is 0 Å². The zero-order valence-electron chi connectivity index (χ0n) is 12.0. The fraction of sp³-hybridized carbons (Fsp3) is 0.167. The summed E-state index contributed by atoms with van der Waals surface area (Å²) in [4.78, 5) is 0. The summed E-state index contributed by atoms with van der Waals surface area (Å²) in [5.74, 6) is 0. The summed E-state index contributed by atoms with van der Waals surface area (Å²) >= 11 is 3.68. The van der Waals surface area contributed by atoms with Gasteiger partial charge in [0, 0.05) is 5.56 Å². The van der Waals surface area contributed by atoms with Crippen molar-refractivity contribution in [2.75, 3.05) is 0 Å². The number of rotatable bonds is 4. The van der Waals surface area contributed by atoms with E-state index < -0.39 is 0 Å². The Hall–Kier alpha value is -1.87. The molecular formula is C18H17BrN2. The maximum absolute atomic E-state index is 4.50. The molecule has 0 amide bonds. The van der Waals surface area contributed by atoms with Crippen LogP contribution in [-0.4, -0.2) is 9.78 Å². The van der Waals surface area contributed by atoms with E-state index in [9.17, 15) is 0 Å². The third kappa shape index (κ3) is 3.24. The van der Waals surface area contributed by atoms with Gasteiger partial charge in [-0.1, -0.05) is 48.0 Å². The third-order valence-electron chi connectivity index (χ3n) is 3.58. The summed E-state index contributed by atoms with van der Waals surface area (Å²) in [6.45, 7) is 2.09. The second-order valence-corrected chi connectivity index (χ2v) is 5.94. The van der Waals surface area contributed by atoms with E-state index in [4.69, 9.17) is 0 Å². The lowest BCUT2D eigenvalue weighted by Gasteiger charge is -2.05. The first kappa shape index (κ1) is 14.1. The Kier molecular flexibility index (Phi) is 4.20. The lowest BCUT2D eigenvalue weighted by Crippen LogP contribution is -1.97. The number of hydrogen-bond acceptors (Lipinski definition) is 1. The summed E-state index contributed by atoms with van der Waals surface area (Å²) in [6.07, 6.45) is 3.96. The molecule has 1 aromatic heterocycles. The summed E-state index contributed by atoms with van der Waals surface area (Å²) in [7, 11) is 0. The lowest BCUT2D eigenvalue weighted by molar-refractivity contribution is 0.856. The van der Waals surface area contributed by atoms with Gasteiger partial charge in [0.25, 0.3) is 0 Å². The molecule has 3 heteroatoms. The van der Waals surface area contributed by atoms with Crippen LogP contribution in [0.15, 0.2) is 65.4 Å². The summed E-state index contributed by atoms with van der Waals surface area (Å²) in [5, 5.41) is 4.50. The Morgan fingerprint density at radius 1 is 0.952 bits per heavy atom. The average molecular weight is 341 g/mol. The maximum atomic E-state index is 4.50. The zero-order chi connectivity index (χ0) is 14.7. The van der Waals surface area contributed by atoms with Crippen LogP contribution in [0.2, 0.25) is 0 Å². The molecule has 0 aliphatic carbocycles. The van der Waals surface area contributed by atoms with Crippen molar-refractivity contribution in [3.63, 3.8) is 0 Å². The standard InChI is InChI=1S/C18H17BrN2/c1-14-7-11-17(12-8-14)21-18(19)16(13-20-21)10-9-15-5-3-2-4-6-15/h2-8,11-13H,9-10H2,1H3. The molecule has 3 rings (SSSR count). The molecule has 0 atom stereocenters. The van der Waals surface area contributed by atoms with Gasteiger partial charge in [0.15, 0.2) is 0 Å². The first-order valence-corrected chi connectivity index (χ1v) is 7.87. The van der Waals surface area contributed by atoms with Crippen molar-refractivity contribution in [1.29, 1.82) is 0 Å². The maximum Gasteiger partial charge on any atom is 0.113 e. The minimum Gasteiger partial charge on any atom is -0.226 e. The fourth-order valence-electron chi connectivity index (χ4n) is 2.32. The van der Waals surface area contributed by atoms with Crippen LogP contribution in [0.3, 0.4) is 0 Å². The predicted octanol–water partition coefficient (Wildman–Crippen LogP) is 4.73. The van der Waals surface area contributed by atoms with Gasteiger partial charge < -0.3 is 0 Å². The van der Waals surface area contributed by atoms with Crippen LogP contribution in [0, 0.1) is 6.92 Å². The van der Waals surface area contributed by atoms with Gasteiger partial charge >= 0.3 is 0 Å². The summed E-state index contributed by atoms with van der Waals surface area (Å²) in [6, 6.07) is 18.9. The number of aromatic nitrogens is 2. The van der Waals surface area contributed by atoms with Gasteiger partial charge in [-0.2, -0.15) is 5.10 Å². The molecule has 2 aromatic carbocycles. The normalized spacial score (nSPS) is 10.8. The number of benzene rings is 2. The molecule has 0 aliphatic rings. The molecule has 21 heavy (non-hydrogen) atoms. The number of hydrogen-bond donors (Lipinski definition) is 0. The average Bonchev–Trinajstić information content (AvgIpc) is 2.88. The molecule has 0 N–H and O–H groups in total. The van der Waals surface area contributed by atoms with E-state index in [2.05, 4.69) is 82.5 Å². The van der Waals surface area contributed by atoms with E-state index in [0.29, 0.717) is 0 Å². The highest BCUT2D eigenvalue weighted by Gasteiger charge is 2.09. The van der Waals surface area contributed by atoms with Crippen LogP contribution in [0.4, 0.5) is 0 Å². The van der Waals surface area contributed by atoms with Crippen LogP contribution >= 0.6 is 15.9 Å². The monoisotopic (exact) mass is 340 g/mol. The second-order valence-electron chi connectivity index (χ2n) is 5.19. The molecule has 0 spiro atoms. The van der Waals surface area contributed by atoms with Gasteiger partial charge in [-0.05, 0) is 53.4 Å². The number of nitrogens with zero attached hydrogens (tertiary/aromatic N) is 2. The Morgan fingerprint density at radius 2 is 1.67 bits per heavy atom. The lowest BCUT2D eigenvalue weighted by atomic mass is 10.1. The number of aryl methyl sites for hydroxylation is 3. The zero-order valence-corrected chi connectivity index (χ0v) is 13.5. The van der Waals surface area contributed by atoms with E-state index in [0.717, 1.165) is 23.1 Å². The van der Waals surface area contributed by atoms with Crippen molar-refractivity contribution in [2.24, 2.45) is 0 Å². The first-order valence-electron chi connectivity index (χ1n) is 7.07. The molecule has 2 nitrogen and oxygen atoms in total. The molecule has 1 heterocycles. The van der Waals surface area contributed by atoms with E-state index in [1.54, 1.807) is 0 Å². The van der Waals surface area contributed by atoms with Crippen molar-refractivity contribution in [3.05, 3.63) is 82.1 Å². The van der Waals surface area contributed by atoms with Gasteiger partial charge in [0.05, 0.1) is 11.9 Å². The molecule has 0 unspecified atom stereocenters. The van der Waals surface area contributed by atoms with Crippen LogP contribution in [0.5, 0.6) is 0 Å². The Balaban J connectivity index is 1.78.